The second-order valence-electron chi connectivity index (χ2n) is 5.42. The van der Waals surface area contributed by atoms with Crippen molar-refractivity contribution in [3.05, 3.63) is 34.6 Å². The third-order valence-electron chi connectivity index (χ3n) is 3.76. The maximum atomic E-state index is 13.4. The molecular formula is C15H19ClFNO2. The van der Waals surface area contributed by atoms with E-state index >= 15 is 0 Å². The summed E-state index contributed by atoms with van der Waals surface area (Å²) in [6, 6.07) is 4.90. The fourth-order valence-electron chi connectivity index (χ4n) is 2.75. The van der Waals surface area contributed by atoms with Crippen LogP contribution in [0.1, 0.15) is 31.2 Å². The van der Waals surface area contributed by atoms with Crippen molar-refractivity contribution in [2.24, 2.45) is 5.92 Å². The van der Waals surface area contributed by atoms with Gasteiger partial charge in [-0.05, 0) is 49.4 Å². The lowest BCUT2D eigenvalue weighted by molar-refractivity contribution is -0.137. The maximum Gasteiger partial charge on any atom is 0.303 e. The fourth-order valence-corrected chi connectivity index (χ4v) is 2.87. The van der Waals surface area contributed by atoms with Crippen molar-refractivity contribution < 1.29 is 14.3 Å². The zero-order chi connectivity index (χ0) is 14.5. The number of rotatable bonds is 5. The summed E-state index contributed by atoms with van der Waals surface area (Å²) in [5, 5.41) is 8.88. The lowest BCUT2D eigenvalue weighted by Gasteiger charge is -2.32. The number of benzene rings is 1. The van der Waals surface area contributed by atoms with Crippen LogP contribution in [0.3, 0.4) is 0 Å². The zero-order valence-corrected chi connectivity index (χ0v) is 12.1. The third-order valence-corrected chi connectivity index (χ3v) is 4.07. The molecule has 1 saturated heterocycles. The molecule has 1 atom stereocenters. The molecule has 1 heterocycles. The Labute approximate surface area is 123 Å². The normalized spacial score (nSPS) is 20.0. The van der Waals surface area contributed by atoms with E-state index in [9.17, 15) is 9.18 Å². The summed E-state index contributed by atoms with van der Waals surface area (Å²) in [5.41, 5.74) is 0.908. The summed E-state index contributed by atoms with van der Waals surface area (Å²) >= 11 is 5.67. The Morgan fingerprint density at radius 1 is 1.50 bits per heavy atom. The van der Waals surface area contributed by atoms with Crippen LogP contribution in [0.25, 0.3) is 0 Å². The largest absolute Gasteiger partial charge is 0.481 e. The molecule has 0 spiro atoms. The summed E-state index contributed by atoms with van der Waals surface area (Å²) in [6.07, 6.45) is 3.11. The SMILES string of the molecule is O=C(O)CCC1CCCN(Cc2ccc(Cl)c(F)c2)C1. The number of carboxylic acid groups (broad SMARTS) is 1. The Kier molecular flexibility index (Phi) is 5.38. The molecule has 1 aliphatic rings. The van der Waals surface area contributed by atoms with E-state index in [0.717, 1.165) is 37.9 Å². The number of hydrogen-bond acceptors (Lipinski definition) is 2. The van der Waals surface area contributed by atoms with Gasteiger partial charge in [-0.25, -0.2) is 4.39 Å². The number of nitrogens with zero attached hydrogens (tertiary/aromatic N) is 1. The topological polar surface area (TPSA) is 40.5 Å². The van der Waals surface area contributed by atoms with Gasteiger partial charge in [-0.1, -0.05) is 17.7 Å². The number of carbonyl (C=O) groups is 1. The minimum absolute atomic E-state index is 0.145. The molecule has 1 fully saturated rings. The van der Waals surface area contributed by atoms with E-state index < -0.39 is 5.97 Å². The summed E-state index contributed by atoms with van der Waals surface area (Å²) in [7, 11) is 0. The van der Waals surface area contributed by atoms with Gasteiger partial charge < -0.3 is 5.11 Å². The molecule has 0 aliphatic carbocycles. The quantitative estimate of drug-likeness (QED) is 0.904. The van der Waals surface area contributed by atoms with Crippen LogP contribution in [0.2, 0.25) is 5.02 Å². The average molecular weight is 300 g/mol. The summed E-state index contributed by atoms with van der Waals surface area (Å²) in [4.78, 5) is 12.9. The van der Waals surface area contributed by atoms with Crippen LogP contribution >= 0.6 is 11.6 Å². The van der Waals surface area contributed by atoms with Crippen molar-refractivity contribution in [2.75, 3.05) is 13.1 Å². The number of likely N-dealkylation sites (tertiary alicyclic amines) is 1. The number of aliphatic carboxylic acids is 1. The highest BCUT2D eigenvalue weighted by atomic mass is 35.5. The number of piperidine rings is 1. The predicted octanol–water partition coefficient (Wildman–Crippen LogP) is 3.56. The fraction of sp³-hybridized carbons (Fsp3) is 0.533. The third kappa shape index (κ3) is 4.46. The monoisotopic (exact) mass is 299 g/mol. The first kappa shape index (κ1) is 15.3. The minimum Gasteiger partial charge on any atom is -0.481 e. The number of carboxylic acids is 1. The molecule has 2 rings (SSSR count). The van der Waals surface area contributed by atoms with E-state index in [4.69, 9.17) is 16.7 Å². The molecule has 1 aromatic carbocycles. The van der Waals surface area contributed by atoms with Crippen LogP contribution in [0, 0.1) is 11.7 Å². The molecule has 0 saturated carbocycles. The molecule has 1 unspecified atom stereocenters. The van der Waals surface area contributed by atoms with Gasteiger partial charge in [0.05, 0.1) is 5.02 Å². The second kappa shape index (κ2) is 7.04. The van der Waals surface area contributed by atoms with Gasteiger partial charge in [0.15, 0.2) is 0 Å². The van der Waals surface area contributed by atoms with E-state index in [-0.39, 0.29) is 17.3 Å². The molecule has 0 bridgehead atoms. The summed E-state index contributed by atoms with van der Waals surface area (Å²) in [6.45, 7) is 2.56. The van der Waals surface area contributed by atoms with E-state index in [2.05, 4.69) is 4.90 Å². The average Bonchev–Trinajstić information content (AvgIpc) is 2.41. The van der Waals surface area contributed by atoms with E-state index in [1.807, 2.05) is 6.07 Å². The Hall–Kier alpha value is -1.13. The van der Waals surface area contributed by atoms with Crippen molar-refractivity contribution in [3.8, 4) is 0 Å². The van der Waals surface area contributed by atoms with Gasteiger partial charge in [0.1, 0.15) is 5.82 Å². The van der Waals surface area contributed by atoms with Gasteiger partial charge in [0.2, 0.25) is 0 Å². The van der Waals surface area contributed by atoms with Crippen LogP contribution in [-0.2, 0) is 11.3 Å². The molecule has 1 aliphatic heterocycles. The zero-order valence-electron chi connectivity index (χ0n) is 11.3. The molecule has 20 heavy (non-hydrogen) atoms. The van der Waals surface area contributed by atoms with Crippen LogP contribution < -0.4 is 0 Å². The molecule has 0 radical (unpaired) electrons. The molecule has 0 aromatic heterocycles. The molecule has 0 amide bonds. The lowest BCUT2D eigenvalue weighted by Crippen LogP contribution is -2.35. The van der Waals surface area contributed by atoms with Gasteiger partial charge in [0, 0.05) is 19.5 Å². The molecule has 3 nitrogen and oxygen atoms in total. The van der Waals surface area contributed by atoms with Crippen molar-refractivity contribution >= 4 is 17.6 Å². The number of hydrogen-bond donors (Lipinski definition) is 1. The summed E-state index contributed by atoms with van der Waals surface area (Å²) < 4.78 is 13.4. The van der Waals surface area contributed by atoms with Gasteiger partial charge in [-0.3, -0.25) is 9.69 Å². The van der Waals surface area contributed by atoms with Crippen molar-refractivity contribution in [2.45, 2.75) is 32.2 Å². The number of halogens is 2. The van der Waals surface area contributed by atoms with E-state index in [1.165, 1.54) is 6.07 Å². The molecule has 1 aromatic rings. The first-order valence-corrected chi connectivity index (χ1v) is 7.30. The van der Waals surface area contributed by atoms with E-state index in [0.29, 0.717) is 12.5 Å². The Morgan fingerprint density at radius 2 is 2.30 bits per heavy atom. The molecule has 1 N–H and O–H groups in total. The lowest BCUT2D eigenvalue weighted by atomic mass is 9.93. The molecular weight excluding hydrogens is 281 g/mol. The minimum atomic E-state index is -0.734. The van der Waals surface area contributed by atoms with Crippen molar-refractivity contribution in [1.29, 1.82) is 0 Å². The second-order valence-corrected chi connectivity index (χ2v) is 5.83. The van der Waals surface area contributed by atoms with Crippen LogP contribution in [-0.4, -0.2) is 29.1 Å². The van der Waals surface area contributed by atoms with Gasteiger partial charge in [0.25, 0.3) is 0 Å². The van der Waals surface area contributed by atoms with Crippen molar-refractivity contribution in [3.63, 3.8) is 0 Å². The predicted molar refractivity (Wildman–Crippen MR) is 76.3 cm³/mol. The molecule has 110 valence electrons. The Morgan fingerprint density at radius 3 is 3.00 bits per heavy atom. The molecule has 5 heteroatoms. The van der Waals surface area contributed by atoms with Gasteiger partial charge >= 0.3 is 5.97 Å². The highest BCUT2D eigenvalue weighted by molar-refractivity contribution is 6.30. The first-order valence-electron chi connectivity index (χ1n) is 6.92. The van der Waals surface area contributed by atoms with Crippen LogP contribution in [0.4, 0.5) is 4.39 Å². The first-order chi connectivity index (χ1) is 9.54. The Bertz CT molecular complexity index is 481. The Balaban J connectivity index is 1.88. The smallest absolute Gasteiger partial charge is 0.303 e. The van der Waals surface area contributed by atoms with E-state index in [1.54, 1.807) is 6.07 Å². The highest BCUT2D eigenvalue weighted by Crippen LogP contribution is 2.23. The maximum absolute atomic E-state index is 13.4. The van der Waals surface area contributed by atoms with Crippen LogP contribution in [0.15, 0.2) is 18.2 Å². The summed E-state index contributed by atoms with van der Waals surface area (Å²) in [5.74, 6) is -0.692. The van der Waals surface area contributed by atoms with Crippen LogP contribution in [0.5, 0.6) is 0 Å². The highest BCUT2D eigenvalue weighted by Gasteiger charge is 2.20. The van der Waals surface area contributed by atoms with Gasteiger partial charge in [-0.2, -0.15) is 0 Å². The standard InChI is InChI=1S/C15H19ClFNO2/c16-13-5-3-12(8-14(13)17)10-18-7-1-2-11(9-18)4-6-15(19)20/h3,5,8,11H,1-2,4,6-7,9-10H2,(H,19,20). The van der Waals surface area contributed by atoms with Crippen molar-refractivity contribution in [1.82, 2.24) is 4.90 Å². The van der Waals surface area contributed by atoms with Gasteiger partial charge in [-0.15, -0.1) is 0 Å².